The summed E-state index contributed by atoms with van der Waals surface area (Å²) in [5.41, 5.74) is 2.55. The van der Waals surface area contributed by atoms with Crippen molar-refractivity contribution in [2.45, 2.75) is 18.7 Å². The van der Waals surface area contributed by atoms with E-state index in [2.05, 4.69) is 31.3 Å². The summed E-state index contributed by atoms with van der Waals surface area (Å²) in [5.74, 6) is 0.199. The summed E-state index contributed by atoms with van der Waals surface area (Å²) in [6.07, 6.45) is 1.53. The van der Waals surface area contributed by atoms with Gasteiger partial charge in [-0.2, -0.15) is 5.10 Å². The zero-order valence-electron chi connectivity index (χ0n) is 16.3. The third-order valence-electron chi connectivity index (χ3n) is 4.18. The molecule has 0 aliphatic heterocycles. The number of nitrogens with one attached hydrogen (secondary N) is 1. The molecule has 0 atom stereocenters. The van der Waals surface area contributed by atoms with Gasteiger partial charge in [-0.15, -0.1) is 0 Å². The minimum absolute atomic E-state index is 0.0214. The van der Waals surface area contributed by atoms with E-state index in [0.717, 1.165) is 15.7 Å². The molecule has 1 N–H and O–H groups in total. The Morgan fingerprint density at radius 2 is 1.86 bits per heavy atom. The van der Waals surface area contributed by atoms with Crippen LogP contribution in [0.5, 0.6) is 0 Å². The van der Waals surface area contributed by atoms with Crippen molar-refractivity contribution in [3.8, 4) is 5.82 Å². The third-order valence-corrected chi connectivity index (χ3v) is 6.99. The molecular formula is C19H20BrN5O3S. The van der Waals surface area contributed by atoms with Crippen LogP contribution in [0.1, 0.15) is 21.7 Å². The molecular weight excluding hydrogens is 458 g/mol. The molecule has 0 radical (unpaired) electrons. The number of halogens is 1. The fraction of sp³-hybridized carbons (Fsp3) is 0.211. The molecule has 0 aliphatic carbocycles. The van der Waals surface area contributed by atoms with E-state index in [0.29, 0.717) is 16.0 Å². The molecule has 0 saturated carbocycles. The van der Waals surface area contributed by atoms with E-state index in [9.17, 15) is 13.2 Å². The first kappa shape index (κ1) is 21.2. The Morgan fingerprint density at radius 3 is 2.41 bits per heavy atom. The predicted octanol–water partition coefficient (Wildman–Crippen LogP) is 3.15. The maximum Gasteiger partial charge on any atom is 0.255 e. The number of amides is 1. The lowest BCUT2D eigenvalue weighted by atomic mass is 10.2. The van der Waals surface area contributed by atoms with E-state index in [-0.39, 0.29) is 10.5 Å². The van der Waals surface area contributed by atoms with E-state index in [1.807, 2.05) is 19.9 Å². The van der Waals surface area contributed by atoms with Crippen LogP contribution in [-0.2, 0) is 10.0 Å². The van der Waals surface area contributed by atoms with Crippen LogP contribution in [0, 0.1) is 13.8 Å². The van der Waals surface area contributed by atoms with Crippen LogP contribution < -0.4 is 5.32 Å². The van der Waals surface area contributed by atoms with Gasteiger partial charge in [0.15, 0.2) is 5.82 Å². The van der Waals surface area contributed by atoms with E-state index < -0.39 is 15.9 Å². The molecule has 0 aliphatic rings. The lowest BCUT2D eigenvalue weighted by Gasteiger charge is -2.14. The number of anilines is 1. The smallest absolute Gasteiger partial charge is 0.255 e. The second-order valence-corrected chi connectivity index (χ2v) is 9.61. The highest BCUT2D eigenvalue weighted by Crippen LogP contribution is 2.25. The van der Waals surface area contributed by atoms with Crippen LogP contribution in [-0.4, -0.2) is 47.5 Å². The van der Waals surface area contributed by atoms with Crippen LogP contribution >= 0.6 is 15.9 Å². The standard InChI is InChI=1S/C19H20BrN5O3S/c1-12-9-13(2)25(23-12)18-8-6-15(11-21-18)22-19(26)14-5-7-16(20)17(10-14)29(27,28)24(3)4/h5-11H,1-4H3,(H,22,26). The zero-order chi connectivity index (χ0) is 21.3. The number of carbonyl (C=O) groups excluding carboxylic acids is 1. The zero-order valence-corrected chi connectivity index (χ0v) is 18.7. The van der Waals surface area contributed by atoms with Gasteiger partial charge in [-0.25, -0.2) is 22.4 Å². The van der Waals surface area contributed by atoms with Gasteiger partial charge < -0.3 is 5.32 Å². The van der Waals surface area contributed by atoms with Gasteiger partial charge in [-0.1, -0.05) is 0 Å². The highest BCUT2D eigenvalue weighted by atomic mass is 79.9. The quantitative estimate of drug-likeness (QED) is 0.608. The minimum atomic E-state index is -3.69. The summed E-state index contributed by atoms with van der Waals surface area (Å²) in [5, 5.41) is 7.10. The van der Waals surface area contributed by atoms with Gasteiger partial charge in [0.2, 0.25) is 10.0 Å². The highest BCUT2D eigenvalue weighted by Gasteiger charge is 2.22. The summed E-state index contributed by atoms with van der Waals surface area (Å²) >= 11 is 3.23. The van der Waals surface area contributed by atoms with Gasteiger partial charge in [0, 0.05) is 29.8 Å². The number of sulfonamides is 1. The van der Waals surface area contributed by atoms with Crippen molar-refractivity contribution in [2.24, 2.45) is 0 Å². The molecule has 8 nitrogen and oxygen atoms in total. The Balaban J connectivity index is 1.83. The summed E-state index contributed by atoms with van der Waals surface area (Å²) in [7, 11) is -0.820. The number of carbonyl (C=O) groups is 1. The second kappa shape index (κ2) is 8.05. The maximum absolute atomic E-state index is 12.6. The molecule has 0 fully saturated rings. The van der Waals surface area contributed by atoms with Crippen molar-refractivity contribution in [1.29, 1.82) is 0 Å². The van der Waals surface area contributed by atoms with Gasteiger partial charge in [0.1, 0.15) is 0 Å². The molecule has 2 heterocycles. The summed E-state index contributed by atoms with van der Waals surface area (Å²) in [4.78, 5) is 17.0. The molecule has 0 bridgehead atoms. The first-order valence-electron chi connectivity index (χ1n) is 8.62. The van der Waals surface area contributed by atoms with Crippen molar-refractivity contribution in [3.05, 3.63) is 64.0 Å². The lowest BCUT2D eigenvalue weighted by molar-refractivity contribution is 0.102. The molecule has 2 aromatic heterocycles. The van der Waals surface area contributed by atoms with Gasteiger partial charge in [0.05, 0.1) is 22.5 Å². The van der Waals surface area contributed by atoms with Gasteiger partial charge in [-0.05, 0) is 66.2 Å². The number of aromatic nitrogens is 3. The monoisotopic (exact) mass is 477 g/mol. The summed E-state index contributed by atoms with van der Waals surface area (Å²) < 4.78 is 28.1. The Bertz CT molecular complexity index is 1170. The minimum Gasteiger partial charge on any atom is -0.321 e. The van der Waals surface area contributed by atoms with Gasteiger partial charge >= 0.3 is 0 Å². The Kier molecular flexibility index (Phi) is 5.87. The van der Waals surface area contributed by atoms with E-state index in [1.54, 1.807) is 22.9 Å². The van der Waals surface area contributed by atoms with Crippen molar-refractivity contribution >= 4 is 37.5 Å². The average Bonchev–Trinajstić information content (AvgIpc) is 3.00. The van der Waals surface area contributed by atoms with Crippen LogP contribution in [0.3, 0.4) is 0 Å². The highest BCUT2D eigenvalue weighted by molar-refractivity contribution is 9.10. The van der Waals surface area contributed by atoms with Crippen molar-refractivity contribution in [2.75, 3.05) is 19.4 Å². The number of pyridine rings is 1. The molecule has 152 valence electrons. The average molecular weight is 478 g/mol. The molecule has 0 saturated heterocycles. The van der Waals surface area contributed by atoms with Crippen molar-refractivity contribution in [1.82, 2.24) is 19.1 Å². The molecule has 1 aromatic carbocycles. The van der Waals surface area contributed by atoms with E-state index in [4.69, 9.17) is 0 Å². The second-order valence-electron chi connectivity index (χ2n) is 6.63. The third kappa shape index (κ3) is 4.39. The van der Waals surface area contributed by atoms with E-state index in [1.165, 1.54) is 32.4 Å². The Hall–Kier alpha value is -2.56. The lowest BCUT2D eigenvalue weighted by Crippen LogP contribution is -2.23. The topological polar surface area (TPSA) is 97.2 Å². The summed E-state index contributed by atoms with van der Waals surface area (Å²) in [6, 6.07) is 9.84. The fourth-order valence-electron chi connectivity index (χ4n) is 2.69. The maximum atomic E-state index is 12.6. The van der Waals surface area contributed by atoms with Crippen molar-refractivity contribution < 1.29 is 13.2 Å². The number of hydrogen-bond acceptors (Lipinski definition) is 5. The molecule has 3 aromatic rings. The first-order chi connectivity index (χ1) is 13.6. The SMILES string of the molecule is Cc1cc(C)n(-c2ccc(NC(=O)c3ccc(Br)c(S(=O)(=O)N(C)C)c3)cn2)n1. The molecule has 29 heavy (non-hydrogen) atoms. The van der Waals surface area contributed by atoms with Crippen LogP contribution in [0.25, 0.3) is 5.82 Å². The number of benzene rings is 1. The number of rotatable bonds is 5. The van der Waals surface area contributed by atoms with Crippen LogP contribution in [0.4, 0.5) is 5.69 Å². The van der Waals surface area contributed by atoms with Crippen molar-refractivity contribution in [3.63, 3.8) is 0 Å². The molecule has 0 unspecified atom stereocenters. The predicted molar refractivity (Wildman–Crippen MR) is 114 cm³/mol. The molecule has 1 amide bonds. The fourth-order valence-corrected chi connectivity index (χ4v) is 4.53. The van der Waals surface area contributed by atoms with E-state index >= 15 is 0 Å². The number of hydrogen-bond donors (Lipinski definition) is 1. The largest absolute Gasteiger partial charge is 0.321 e. The Labute approximate surface area is 177 Å². The van der Waals surface area contributed by atoms with Crippen LogP contribution in [0.15, 0.2) is 52.0 Å². The summed E-state index contributed by atoms with van der Waals surface area (Å²) in [6.45, 7) is 3.84. The molecule has 10 heteroatoms. The normalized spacial score (nSPS) is 11.7. The number of nitrogens with zero attached hydrogens (tertiary/aromatic N) is 4. The Morgan fingerprint density at radius 1 is 1.14 bits per heavy atom. The molecule has 0 spiro atoms. The first-order valence-corrected chi connectivity index (χ1v) is 10.9. The van der Waals surface area contributed by atoms with Gasteiger partial charge in [-0.3, -0.25) is 4.79 Å². The number of aryl methyl sites for hydroxylation is 2. The molecule has 3 rings (SSSR count). The van der Waals surface area contributed by atoms with Crippen LogP contribution in [0.2, 0.25) is 0 Å². The van der Waals surface area contributed by atoms with Gasteiger partial charge in [0.25, 0.3) is 5.91 Å².